The molecule has 1 amide bonds. The van der Waals surface area contributed by atoms with Crippen molar-refractivity contribution in [3.8, 4) is 6.07 Å². The van der Waals surface area contributed by atoms with Crippen LogP contribution >= 0.6 is 0 Å². The number of halogens is 1. The lowest BCUT2D eigenvalue weighted by atomic mass is 9.70. The monoisotopic (exact) mass is 441 g/mol. The highest BCUT2D eigenvalue weighted by Gasteiger charge is 2.52. The van der Waals surface area contributed by atoms with Crippen LogP contribution in [0.1, 0.15) is 42.9 Å². The van der Waals surface area contributed by atoms with Crippen molar-refractivity contribution in [1.29, 1.82) is 5.26 Å². The molecule has 7 heteroatoms. The van der Waals surface area contributed by atoms with Crippen LogP contribution in [0.4, 0.5) is 4.39 Å². The lowest BCUT2D eigenvalue weighted by Crippen LogP contribution is -2.38. The third-order valence-corrected chi connectivity index (χ3v) is 7.88. The van der Waals surface area contributed by atoms with Gasteiger partial charge in [0.25, 0.3) is 0 Å². The number of carbonyl (C=O) groups is 1. The molecule has 1 aliphatic heterocycles. The molecule has 0 bridgehead atoms. The van der Waals surface area contributed by atoms with Crippen LogP contribution in [0.2, 0.25) is 0 Å². The molecule has 6 rings (SSSR count). The molecule has 2 heterocycles. The number of nitriles is 1. The maximum Gasteiger partial charge on any atom is 0.246 e. The number of fused-ring (bicyclic) bond motifs is 2. The van der Waals surface area contributed by atoms with Gasteiger partial charge >= 0.3 is 0 Å². The Morgan fingerprint density at radius 3 is 2.85 bits per heavy atom. The van der Waals surface area contributed by atoms with Crippen molar-refractivity contribution in [2.45, 2.75) is 38.3 Å². The van der Waals surface area contributed by atoms with Gasteiger partial charge in [-0.05, 0) is 66.8 Å². The van der Waals surface area contributed by atoms with Crippen LogP contribution in [0.25, 0.3) is 10.9 Å². The van der Waals surface area contributed by atoms with Crippen molar-refractivity contribution >= 4 is 23.0 Å². The first-order valence-electron chi connectivity index (χ1n) is 11.6. The summed E-state index contributed by atoms with van der Waals surface area (Å²) in [5, 5.41) is 20.3. The van der Waals surface area contributed by atoms with E-state index in [0.29, 0.717) is 41.7 Å². The van der Waals surface area contributed by atoms with Crippen LogP contribution in [-0.4, -0.2) is 26.9 Å². The van der Waals surface area contributed by atoms with Crippen LogP contribution in [0, 0.1) is 40.8 Å². The van der Waals surface area contributed by atoms with E-state index in [2.05, 4.69) is 16.3 Å². The second-order valence-electron chi connectivity index (χ2n) is 9.48. The van der Waals surface area contributed by atoms with Gasteiger partial charge in [0.05, 0.1) is 34.8 Å². The highest BCUT2D eigenvalue weighted by molar-refractivity contribution is 5.83. The molecule has 166 valence electrons. The molecule has 0 radical (unpaired) electrons. The molecule has 0 spiro atoms. The zero-order valence-corrected chi connectivity index (χ0v) is 18.1. The van der Waals surface area contributed by atoms with E-state index < -0.39 is 0 Å². The summed E-state index contributed by atoms with van der Waals surface area (Å²) in [4.78, 5) is 13.7. The minimum absolute atomic E-state index is 0.0517. The smallest absolute Gasteiger partial charge is 0.246 e. The van der Waals surface area contributed by atoms with Crippen molar-refractivity contribution in [1.82, 2.24) is 14.8 Å². The highest BCUT2D eigenvalue weighted by atomic mass is 19.1. The zero-order chi connectivity index (χ0) is 22.5. The van der Waals surface area contributed by atoms with Gasteiger partial charge in [0.15, 0.2) is 0 Å². The van der Waals surface area contributed by atoms with Gasteiger partial charge in [-0.25, -0.2) is 9.40 Å². The van der Waals surface area contributed by atoms with Gasteiger partial charge in [-0.2, -0.15) is 15.5 Å². The Hall–Kier alpha value is -3.53. The van der Waals surface area contributed by atoms with Crippen molar-refractivity contribution in [3.63, 3.8) is 0 Å². The molecule has 3 aromatic rings. The van der Waals surface area contributed by atoms with Crippen molar-refractivity contribution in [2.75, 3.05) is 0 Å². The van der Waals surface area contributed by atoms with Crippen LogP contribution in [-0.2, 0) is 11.3 Å². The van der Waals surface area contributed by atoms with Gasteiger partial charge in [0.2, 0.25) is 5.91 Å². The molecule has 2 aliphatic carbocycles. The number of carbonyl (C=O) groups excluding carboxylic acids is 1. The Morgan fingerprint density at radius 2 is 2.03 bits per heavy atom. The number of benzene rings is 2. The molecular formula is C26H24FN5O. The number of hydrazone groups is 1. The third-order valence-electron chi connectivity index (χ3n) is 7.88. The molecule has 2 fully saturated rings. The number of amides is 1. The molecule has 2 saturated carbocycles. The van der Waals surface area contributed by atoms with E-state index in [1.807, 2.05) is 28.9 Å². The predicted octanol–water partition coefficient (Wildman–Crippen LogP) is 4.67. The van der Waals surface area contributed by atoms with E-state index in [0.717, 1.165) is 30.3 Å². The lowest BCUT2D eigenvalue weighted by Gasteiger charge is -2.37. The molecule has 3 aliphatic rings. The predicted molar refractivity (Wildman–Crippen MR) is 121 cm³/mol. The summed E-state index contributed by atoms with van der Waals surface area (Å²) in [5.74, 6) is 1.00. The Morgan fingerprint density at radius 1 is 1.18 bits per heavy atom. The summed E-state index contributed by atoms with van der Waals surface area (Å²) >= 11 is 0. The van der Waals surface area contributed by atoms with E-state index in [1.54, 1.807) is 29.6 Å². The summed E-state index contributed by atoms with van der Waals surface area (Å²) in [6.45, 7) is 0.703. The Labute approximate surface area is 191 Å². The van der Waals surface area contributed by atoms with Crippen molar-refractivity contribution in [2.24, 2.45) is 28.8 Å². The summed E-state index contributed by atoms with van der Waals surface area (Å²) in [6, 6.07) is 14.6. The number of hydrogen-bond acceptors (Lipinski definition) is 4. The quantitative estimate of drug-likeness (QED) is 0.591. The lowest BCUT2D eigenvalue weighted by molar-refractivity contribution is -0.139. The maximum absolute atomic E-state index is 14.1. The Kier molecular flexibility index (Phi) is 4.75. The molecular weight excluding hydrogens is 417 g/mol. The summed E-state index contributed by atoms with van der Waals surface area (Å²) in [5.41, 5.74) is 2.35. The first-order valence-corrected chi connectivity index (χ1v) is 11.6. The van der Waals surface area contributed by atoms with Gasteiger partial charge in [-0.1, -0.05) is 18.2 Å². The standard InChI is InChI=1S/C26H24FN5O/c27-23-5-2-6-25-22(23)14-30-31(25)15-18-12-21(20-8-7-19(18)20)26(33)32-24(9-10-29-32)17-4-1-3-16(11-17)13-28/h1-6,10-11,14,18-21,24H,7-9,12,15H2/t18?,19?,20?,21-,24?/m0/s1. The van der Waals surface area contributed by atoms with Crippen molar-refractivity contribution in [3.05, 3.63) is 65.6 Å². The molecule has 33 heavy (non-hydrogen) atoms. The first-order chi connectivity index (χ1) is 16.1. The highest BCUT2D eigenvalue weighted by Crippen LogP contribution is 2.55. The van der Waals surface area contributed by atoms with Crippen LogP contribution in [0.3, 0.4) is 0 Å². The second-order valence-corrected chi connectivity index (χ2v) is 9.48. The second kappa shape index (κ2) is 7.80. The van der Waals surface area contributed by atoms with Crippen LogP contribution < -0.4 is 0 Å². The van der Waals surface area contributed by atoms with Gasteiger partial charge < -0.3 is 0 Å². The molecule has 0 N–H and O–H groups in total. The Bertz CT molecular complexity index is 1310. The van der Waals surface area contributed by atoms with Gasteiger partial charge in [0.1, 0.15) is 5.82 Å². The van der Waals surface area contributed by atoms with Gasteiger partial charge in [-0.3, -0.25) is 9.48 Å². The van der Waals surface area contributed by atoms with Crippen LogP contribution in [0.15, 0.2) is 53.8 Å². The fraction of sp³-hybridized carbons (Fsp3) is 0.385. The first kappa shape index (κ1) is 20.1. The topological polar surface area (TPSA) is 74.3 Å². The minimum atomic E-state index is -0.252. The van der Waals surface area contributed by atoms with E-state index in [4.69, 9.17) is 0 Å². The largest absolute Gasteiger partial charge is 0.273 e. The molecule has 6 nitrogen and oxygen atoms in total. The summed E-state index contributed by atoms with van der Waals surface area (Å²) in [7, 11) is 0. The zero-order valence-electron chi connectivity index (χ0n) is 18.1. The number of nitrogens with zero attached hydrogens (tertiary/aromatic N) is 5. The molecule has 0 saturated heterocycles. The number of aromatic nitrogens is 2. The fourth-order valence-electron chi connectivity index (χ4n) is 6.13. The third kappa shape index (κ3) is 3.24. The Balaban J connectivity index is 1.22. The van der Waals surface area contributed by atoms with Gasteiger partial charge in [0, 0.05) is 25.1 Å². The normalized spacial score (nSPS) is 28.0. The van der Waals surface area contributed by atoms with E-state index >= 15 is 0 Å². The van der Waals surface area contributed by atoms with Crippen molar-refractivity contribution < 1.29 is 9.18 Å². The number of rotatable bonds is 4. The van der Waals surface area contributed by atoms with E-state index in [-0.39, 0.29) is 23.7 Å². The molecule has 5 atom stereocenters. The molecule has 4 unspecified atom stereocenters. The fourth-order valence-corrected chi connectivity index (χ4v) is 6.13. The maximum atomic E-state index is 14.1. The SMILES string of the molecule is N#Cc1cccc(C2CC=NN2C(=O)[C@H]2CC(Cn3ncc4c(F)cccc43)C3CCC32)c1. The van der Waals surface area contributed by atoms with Gasteiger partial charge in [-0.15, -0.1) is 0 Å². The van der Waals surface area contributed by atoms with E-state index in [9.17, 15) is 14.4 Å². The van der Waals surface area contributed by atoms with Crippen LogP contribution in [0.5, 0.6) is 0 Å². The number of hydrogen-bond donors (Lipinski definition) is 0. The summed E-state index contributed by atoms with van der Waals surface area (Å²) in [6.07, 6.45) is 7.06. The average Bonchev–Trinajstić information content (AvgIpc) is 3.51. The minimum Gasteiger partial charge on any atom is -0.273 e. The van der Waals surface area contributed by atoms with E-state index in [1.165, 1.54) is 6.07 Å². The molecule has 1 aromatic heterocycles. The molecule has 2 aromatic carbocycles. The summed E-state index contributed by atoms with van der Waals surface area (Å²) < 4.78 is 16.0. The average molecular weight is 442 g/mol.